The summed E-state index contributed by atoms with van der Waals surface area (Å²) in [7, 11) is 0. The van der Waals surface area contributed by atoms with E-state index in [1.807, 2.05) is 0 Å². The third kappa shape index (κ3) is 3.73. The summed E-state index contributed by atoms with van der Waals surface area (Å²) >= 11 is 1.79. The van der Waals surface area contributed by atoms with E-state index in [1.165, 1.54) is 24.0 Å². The number of nitrogens with zero attached hydrogens (tertiary/aromatic N) is 1. The summed E-state index contributed by atoms with van der Waals surface area (Å²) in [5, 5.41) is 8.19. The summed E-state index contributed by atoms with van der Waals surface area (Å²) in [5.74, 6) is 0. The topological polar surface area (TPSA) is 15.3 Å². The van der Waals surface area contributed by atoms with Gasteiger partial charge in [0.25, 0.3) is 0 Å². The normalized spacial score (nSPS) is 23.3. The second kappa shape index (κ2) is 7.21. The van der Waals surface area contributed by atoms with Gasteiger partial charge in [-0.2, -0.15) is 11.3 Å². The highest BCUT2D eigenvalue weighted by Gasteiger charge is 2.28. The standard InChI is InChI=1S/C18H24N2S/c1-2-6-17-13-20(12-15-9-10-21-14-15)18(11-19-17)16-7-4-3-5-8-16/h3-5,7-10,14,17-19H,2,6,11-13H2,1H3. The van der Waals surface area contributed by atoms with Gasteiger partial charge in [0.05, 0.1) is 0 Å². The molecule has 2 nitrogen and oxygen atoms in total. The molecule has 1 fully saturated rings. The molecule has 0 aliphatic carbocycles. The van der Waals surface area contributed by atoms with Crippen molar-refractivity contribution < 1.29 is 0 Å². The van der Waals surface area contributed by atoms with Gasteiger partial charge in [0.2, 0.25) is 0 Å². The van der Waals surface area contributed by atoms with Crippen molar-refractivity contribution in [2.24, 2.45) is 0 Å². The number of rotatable bonds is 5. The second-order valence-corrected chi connectivity index (χ2v) is 6.66. The van der Waals surface area contributed by atoms with E-state index in [9.17, 15) is 0 Å². The van der Waals surface area contributed by atoms with Crippen LogP contribution in [0.4, 0.5) is 0 Å². The molecule has 2 aromatic rings. The van der Waals surface area contributed by atoms with Crippen LogP contribution in [0.15, 0.2) is 47.2 Å². The van der Waals surface area contributed by atoms with Crippen LogP contribution >= 0.6 is 11.3 Å². The van der Waals surface area contributed by atoms with Gasteiger partial charge >= 0.3 is 0 Å². The molecule has 0 saturated carbocycles. The Kier molecular flexibility index (Phi) is 5.07. The van der Waals surface area contributed by atoms with Crippen molar-refractivity contribution in [3.05, 3.63) is 58.3 Å². The minimum atomic E-state index is 0.485. The lowest BCUT2D eigenvalue weighted by Crippen LogP contribution is -2.51. The van der Waals surface area contributed by atoms with E-state index in [4.69, 9.17) is 0 Å². The third-order valence-electron chi connectivity index (χ3n) is 4.28. The Hall–Kier alpha value is -1.16. The summed E-state index contributed by atoms with van der Waals surface area (Å²) < 4.78 is 0. The van der Waals surface area contributed by atoms with Crippen LogP contribution < -0.4 is 5.32 Å². The monoisotopic (exact) mass is 300 g/mol. The van der Waals surface area contributed by atoms with Crippen molar-refractivity contribution in [1.29, 1.82) is 0 Å². The highest BCUT2D eigenvalue weighted by molar-refractivity contribution is 7.07. The summed E-state index contributed by atoms with van der Waals surface area (Å²) in [4.78, 5) is 2.65. The van der Waals surface area contributed by atoms with E-state index < -0.39 is 0 Å². The van der Waals surface area contributed by atoms with Gasteiger partial charge in [-0.25, -0.2) is 0 Å². The minimum Gasteiger partial charge on any atom is -0.311 e. The summed E-state index contributed by atoms with van der Waals surface area (Å²) in [5.41, 5.74) is 2.87. The number of thiophene rings is 1. The van der Waals surface area contributed by atoms with E-state index in [0.29, 0.717) is 12.1 Å². The van der Waals surface area contributed by atoms with Crippen LogP contribution in [0.25, 0.3) is 0 Å². The Balaban J connectivity index is 1.77. The maximum absolute atomic E-state index is 3.74. The average Bonchev–Trinajstić information content (AvgIpc) is 3.02. The first-order chi connectivity index (χ1) is 10.4. The molecule has 0 spiro atoms. The first-order valence-corrected chi connectivity index (χ1v) is 8.84. The number of hydrogen-bond donors (Lipinski definition) is 1. The van der Waals surface area contributed by atoms with Crippen LogP contribution in [0, 0.1) is 0 Å². The molecule has 1 N–H and O–H groups in total. The van der Waals surface area contributed by atoms with Crippen LogP contribution in [0.2, 0.25) is 0 Å². The van der Waals surface area contributed by atoms with Crippen molar-refractivity contribution in [3.8, 4) is 0 Å². The highest BCUT2D eigenvalue weighted by Crippen LogP contribution is 2.26. The van der Waals surface area contributed by atoms with Gasteiger partial charge in [-0.15, -0.1) is 0 Å². The lowest BCUT2D eigenvalue weighted by molar-refractivity contribution is 0.119. The number of nitrogens with one attached hydrogen (secondary N) is 1. The zero-order valence-electron chi connectivity index (χ0n) is 12.7. The first kappa shape index (κ1) is 14.8. The Bertz CT molecular complexity index is 523. The van der Waals surface area contributed by atoms with Gasteiger partial charge < -0.3 is 5.32 Å². The van der Waals surface area contributed by atoms with Crippen LogP contribution in [-0.4, -0.2) is 24.0 Å². The smallest absolute Gasteiger partial charge is 0.0476 e. The second-order valence-electron chi connectivity index (χ2n) is 5.88. The molecular formula is C18H24N2S. The van der Waals surface area contributed by atoms with E-state index in [1.54, 1.807) is 11.3 Å². The fourth-order valence-electron chi connectivity index (χ4n) is 3.22. The molecular weight excluding hydrogens is 276 g/mol. The minimum absolute atomic E-state index is 0.485. The van der Waals surface area contributed by atoms with E-state index >= 15 is 0 Å². The van der Waals surface area contributed by atoms with Crippen molar-refractivity contribution in [2.75, 3.05) is 13.1 Å². The molecule has 2 atom stereocenters. The molecule has 1 aromatic carbocycles. The molecule has 1 aromatic heterocycles. The van der Waals surface area contributed by atoms with Gasteiger partial charge in [0.1, 0.15) is 0 Å². The third-order valence-corrected chi connectivity index (χ3v) is 5.01. The van der Waals surface area contributed by atoms with Crippen LogP contribution in [0.5, 0.6) is 0 Å². The molecule has 112 valence electrons. The lowest BCUT2D eigenvalue weighted by atomic mass is 9.99. The van der Waals surface area contributed by atoms with Crippen molar-refractivity contribution >= 4 is 11.3 Å². The average molecular weight is 300 g/mol. The van der Waals surface area contributed by atoms with Crippen LogP contribution in [0.1, 0.15) is 36.9 Å². The Morgan fingerprint density at radius 3 is 2.81 bits per heavy atom. The summed E-state index contributed by atoms with van der Waals surface area (Å²) in [6.07, 6.45) is 2.52. The molecule has 1 saturated heterocycles. The molecule has 0 bridgehead atoms. The zero-order chi connectivity index (χ0) is 14.5. The van der Waals surface area contributed by atoms with Gasteiger partial charge in [-0.05, 0) is 34.4 Å². The molecule has 0 amide bonds. The molecule has 3 rings (SSSR count). The quantitative estimate of drug-likeness (QED) is 0.895. The molecule has 3 heteroatoms. The van der Waals surface area contributed by atoms with Crippen molar-refractivity contribution in [1.82, 2.24) is 10.2 Å². The van der Waals surface area contributed by atoms with Crippen molar-refractivity contribution in [3.63, 3.8) is 0 Å². The van der Waals surface area contributed by atoms with Gasteiger partial charge in [0, 0.05) is 31.7 Å². The van der Waals surface area contributed by atoms with Gasteiger partial charge in [0.15, 0.2) is 0 Å². The maximum Gasteiger partial charge on any atom is 0.0476 e. The highest BCUT2D eigenvalue weighted by atomic mass is 32.1. The van der Waals surface area contributed by atoms with E-state index in [0.717, 1.165) is 19.6 Å². The predicted octanol–water partition coefficient (Wildman–Crippen LogP) is 4.06. The first-order valence-electron chi connectivity index (χ1n) is 7.90. The Morgan fingerprint density at radius 2 is 2.10 bits per heavy atom. The molecule has 2 unspecified atom stereocenters. The molecule has 1 aliphatic heterocycles. The fourth-order valence-corrected chi connectivity index (χ4v) is 3.88. The van der Waals surface area contributed by atoms with Crippen molar-refractivity contribution in [2.45, 2.75) is 38.4 Å². The van der Waals surface area contributed by atoms with Crippen LogP contribution in [0.3, 0.4) is 0 Å². The summed E-state index contributed by atoms with van der Waals surface area (Å²) in [6.45, 7) is 5.53. The van der Waals surface area contributed by atoms with E-state index in [-0.39, 0.29) is 0 Å². The number of piperazine rings is 1. The van der Waals surface area contributed by atoms with Gasteiger partial charge in [-0.1, -0.05) is 43.7 Å². The predicted molar refractivity (Wildman–Crippen MR) is 90.6 cm³/mol. The Morgan fingerprint density at radius 1 is 1.24 bits per heavy atom. The zero-order valence-corrected chi connectivity index (χ0v) is 13.5. The lowest BCUT2D eigenvalue weighted by Gasteiger charge is -2.40. The number of hydrogen-bond acceptors (Lipinski definition) is 3. The molecule has 21 heavy (non-hydrogen) atoms. The fraction of sp³-hybridized carbons (Fsp3) is 0.444. The van der Waals surface area contributed by atoms with E-state index in [2.05, 4.69) is 64.3 Å². The SMILES string of the molecule is CCCC1CN(Cc2ccsc2)C(c2ccccc2)CN1. The number of benzene rings is 1. The largest absolute Gasteiger partial charge is 0.311 e. The Labute approximate surface area is 131 Å². The van der Waals surface area contributed by atoms with Crippen LogP contribution in [-0.2, 0) is 6.54 Å². The molecule has 2 heterocycles. The maximum atomic E-state index is 3.74. The molecule has 0 radical (unpaired) electrons. The summed E-state index contributed by atoms with van der Waals surface area (Å²) in [6, 6.07) is 14.3. The molecule has 1 aliphatic rings. The van der Waals surface area contributed by atoms with Gasteiger partial charge in [-0.3, -0.25) is 4.90 Å².